The summed E-state index contributed by atoms with van der Waals surface area (Å²) in [6, 6.07) is 16.6. The summed E-state index contributed by atoms with van der Waals surface area (Å²) in [5, 5.41) is 22.6. The van der Waals surface area contributed by atoms with Gasteiger partial charge in [0.15, 0.2) is 0 Å². The third-order valence-corrected chi connectivity index (χ3v) is 3.47. The van der Waals surface area contributed by atoms with Crippen molar-refractivity contribution in [3.8, 4) is 11.8 Å². The number of carbonyl (C=O) groups is 1. The molecule has 0 saturated carbocycles. The van der Waals surface area contributed by atoms with Crippen molar-refractivity contribution in [1.82, 2.24) is 20.2 Å². The highest BCUT2D eigenvalue weighted by atomic mass is 16.1. The fourth-order valence-electron chi connectivity index (χ4n) is 2.23. The summed E-state index contributed by atoms with van der Waals surface area (Å²) in [5.41, 5.74) is 3.09. The Balaban J connectivity index is 1.58. The van der Waals surface area contributed by atoms with Gasteiger partial charge in [-0.25, -0.2) is 4.68 Å². The van der Waals surface area contributed by atoms with E-state index in [0.29, 0.717) is 24.1 Å². The average molecular weight is 318 g/mol. The molecule has 1 heterocycles. The lowest BCUT2D eigenvalue weighted by atomic mass is 10.1. The van der Waals surface area contributed by atoms with Crippen LogP contribution in [0.2, 0.25) is 0 Å². The van der Waals surface area contributed by atoms with E-state index in [1.54, 1.807) is 18.2 Å². The summed E-state index contributed by atoms with van der Waals surface area (Å²) >= 11 is 0. The molecule has 0 fully saturated rings. The molecule has 3 rings (SSSR count). The summed E-state index contributed by atoms with van der Waals surface area (Å²) in [7, 11) is 0. The second-order valence-corrected chi connectivity index (χ2v) is 5.16. The topological polar surface area (TPSA) is 96.5 Å². The van der Waals surface area contributed by atoms with Crippen LogP contribution in [0.4, 0.5) is 5.69 Å². The van der Waals surface area contributed by atoms with Crippen molar-refractivity contribution in [2.24, 2.45) is 0 Å². The number of hydrogen-bond donors (Lipinski definition) is 1. The van der Waals surface area contributed by atoms with Crippen molar-refractivity contribution in [2.45, 2.75) is 12.8 Å². The maximum atomic E-state index is 12.1. The Bertz CT molecular complexity index is 865. The van der Waals surface area contributed by atoms with Gasteiger partial charge in [-0.15, -0.1) is 5.10 Å². The molecule has 0 unspecified atom stereocenters. The van der Waals surface area contributed by atoms with Crippen molar-refractivity contribution < 1.29 is 4.79 Å². The number of nitriles is 1. The van der Waals surface area contributed by atoms with E-state index in [1.807, 2.05) is 30.3 Å². The van der Waals surface area contributed by atoms with Gasteiger partial charge in [0.1, 0.15) is 6.33 Å². The predicted octanol–water partition coefficient (Wildman–Crippen LogP) is 2.11. The predicted molar refractivity (Wildman–Crippen MR) is 87.3 cm³/mol. The van der Waals surface area contributed by atoms with Crippen LogP contribution in [0.1, 0.15) is 17.5 Å². The smallest absolute Gasteiger partial charge is 0.224 e. The lowest BCUT2D eigenvalue weighted by Crippen LogP contribution is -2.12. The van der Waals surface area contributed by atoms with Gasteiger partial charge in [0.25, 0.3) is 0 Å². The number of tetrazole rings is 1. The number of aromatic nitrogens is 4. The van der Waals surface area contributed by atoms with E-state index >= 15 is 0 Å². The third kappa shape index (κ3) is 3.81. The van der Waals surface area contributed by atoms with E-state index in [4.69, 9.17) is 5.26 Å². The average Bonchev–Trinajstić information content (AvgIpc) is 3.15. The van der Waals surface area contributed by atoms with Gasteiger partial charge in [-0.3, -0.25) is 4.79 Å². The molecule has 0 aliphatic rings. The molecular weight excluding hydrogens is 304 g/mol. The molecule has 1 aromatic heterocycles. The number of anilines is 1. The number of rotatable bonds is 5. The summed E-state index contributed by atoms with van der Waals surface area (Å²) in [6.07, 6.45) is 2.47. The molecule has 0 bridgehead atoms. The molecule has 1 amide bonds. The van der Waals surface area contributed by atoms with Gasteiger partial charge in [-0.1, -0.05) is 18.2 Å². The van der Waals surface area contributed by atoms with Crippen LogP contribution in [0.15, 0.2) is 54.9 Å². The number of hydrogen-bond acceptors (Lipinski definition) is 5. The molecule has 0 atom stereocenters. The Hall–Kier alpha value is -3.53. The Morgan fingerprint density at radius 3 is 2.75 bits per heavy atom. The molecule has 118 valence electrons. The molecule has 7 heteroatoms. The number of benzene rings is 2. The number of nitrogens with zero attached hydrogens (tertiary/aromatic N) is 5. The van der Waals surface area contributed by atoms with Crippen LogP contribution >= 0.6 is 0 Å². The molecule has 2 aromatic carbocycles. The standard InChI is InChI=1S/C17H14N6O/c18-11-14-6-4-13(5-7-14)8-9-17(24)20-15-2-1-3-16(10-15)23-12-19-21-22-23/h1-7,10,12H,8-9H2,(H,20,24). The quantitative estimate of drug-likeness (QED) is 0.777. The summed E-state index contributed by atoms with van der Waals surface area (Å²) in [6.45, 7) is 0. The first-order valence-corrected chi connectivity index (χ1v) is 7.37. The van der Waals surface area contributed by atoms with Gasteiger partial charge in [0, 0.05) is 12.1 Å². The van der Waals surface area contributed by atoms with Gasteiger partial charge in [-0.2, -0.15) is 5.26 Å². The van der Waals surface area contributed by atoms with Crippen molar-refractivity contribution in [1.29, 1.82) is 5.26 Å². The van der Waals surface area contributed by atoms with Gasteiger partial charge < -0.3 is 5.32 Å². The molecule has 1 N–H and O–H groups in total. The first-order valence-electron chi connectivity index (χ1n) is 7.37. The van der Waals surface area contributed by atoms with E-state index in [0.717, 1.165) is 11.3 Å². The van der Waals surface area contributed by atoms with Gasteiger partial charge in [0.2, 0.25) is 5.91 Å². The molecule has 0 radical (unpaired) electrons. The van der Waals surface area contributed by atoms with Crippen molar-refractivity contribution >= 4 is 11.6 Å². The Morgan fingerprint density at radius 1 is 1.21 bits per heavy atom. The van der Waals surface area contributed by atoms with E-state index < -0.39 is 0 Å². The monoisotopic (exact) mass is 318 g/mol. The molecule has 0 aliphatic carbocycles. The van der Waals surface area contributed by atoms with E-state index in [2.05, 4.69) is 26.9 Å². The van der Waals surface area contributed by atoms with Crippen LogP contribution in [-0.4, -0.2) is 26.1 Å². The summed E-state index contributed by atoms with van der Waals surface area (Å²) in [5.74, 6) is -0.0757. The zero-order chi connectivity index (χ0) is 16.8. The molecular formula is C17H14N6O. The lowest BCUT2D eigenvalue weighted by Gasteiger charge is -2.07. The molecule has 0 spiro atoms. The van der Waals surface area contributed by atoms with Crippen LogP contribution in [0.25, 0.3) is 5.69 Å². The number of aryl methyl sites for hydroxylation is 1. The van der Waals surface area contributed by atoms with Crippen molar-refractivity contribution in [3.05, 3.63) is 66.0 Å². The maximum absolute atomic E-state index is 12.1. The Labute approximate surface area is 138 Å². The molecule has 3 aromatic rings. The minimum Gasteiger partial charge on any atom is -0.326 e. The van der Waals surface area contributed by atoms with Crippen LogP contribution in [0.3, 0.4) is 0 Å². The molecule has 24 heavy (non-hydrogen) atoms. The fourth-order valence-corrected chi connectivity index (χ4v) is 2.23. The zero-order valence-electron chi connectivity index (χ0n) is 12.8. The number of carbonyl (C=O) groups excluding carboxylic acids is 1. The highest BCUT2D eigenvalue weighted by molar-refractivity contribution is 5.91. The van der Waals surface area contributed by atoms with Crippen LogP contribution in [0, 0.1) is 11.3 Å². The fraction of sp³-hybridized carbons (Fsp3) is 0.118. The van der Waals surface area contributed by atoms with Crippen LogP contribution in [0.5, 0.6) is 0 Å². The molecule has 0 aliphatic heterocycles. The second kappa shape index (κ2) is 7.15. The Morgan fingerprint density at radius 2 is 2.04 bits per heavy atom. The second-order valence-electron chi connectivity index (χ2n) is 5.16. The lowest BCUT2D eigenvalue weighted by molar-refractivity contribution is -0.116. The third-order valence-electron chi connectivity index (χ3n) is 3.47. The minimum absolute atomic E-state index is 0.0757. The highest BCUT2D eigenvalue weighted by Gasteiger charge is 2.05. The SMILES string of the molecule is N#Cc1ccc(CCC(=O)Nc2cccc(-n3cnnn3)c2)cc1. The largest absolute Gasteiger partial charge is 0.326 e. The molecule has 0 saturated heterocycles. The van der Waals surface area contributed by atoms with Crippen LogP contribution in [-0.2, 0) is 11.2 Å². The summed E-state index contributed by atoms with van der Waals surface area (Å²) in [4.78, 5) is 12.1. The Kier molecular flexibility index (Phi) is 4.58. The number of nitrogens with one attached hydrogen (secondary N) is 1. The highest BCUT2D eigenvalue weighted by Crippen LogP contribution is 2.14. The van der Waals surface area contributed by atoms with E-state index in [-0.39, 0.29) is 5.91 Å². The van der Waals surface area contributed by atoms with Crippen LogP contribution < -0.4 is 5.32 Å². The normalized spacial score (nSPS) is 10.1. The zero-order valence-corrected chi connectivity index (χ0v) is 12.8. The van der Waals surface area contributed by atoms with Gasteiger partial charge >= 0.3 is 0 Å². The number of amides is 1. The maximum Gasteiger partial charge on any atom is 0.224 e. The van der Waals surface area contributed by atoms with E-state index in [1.165, 1.54) is 11.0 Å². The van der Waals surface area contributed by atoms with Gasteiger partial charge in [-0.05, 0) is 52.7 Å². The van der Waals surface area contributed by atoms with Crippen molar-refractivity contribution in [2.75, 3.05) is 5.32 Å². The van der Waals surface area contributed by atoms with Crippen molar-refractivity contribution in [3.63, 3.8) is 0 Å². The first kappa shape index (κ1) is 15.4. The summed E-state index contributed by atoms with van der Waals surface area (Å²) < 4.78 is 1.52. The van der Waals surface area contributed by atoms with E-state index in [9.17, 15) is 4.79 Å². The first-order chi connectivity index (χ1) is 11.7. The molecule has 7 nitrogen and oxygen atoms in total. The van der Waals surface area contributed by atoms with Gasteiger partial charge in [0.05, 0.1) is 17.3 Å². The minimum atomic E-state index is -0.0757.